The van der Waals surface area contributed by atoms with E-state index in [-0.39, 0.29) is 5.97 Å². The third kappa shape index (κ3) is 2.65. The summed E-state index contributed by atoms with van der Waals surface area (Å²) in [6.45, 7) is 2.14. The van der Waals surface area contributed by atoms with E-state index < -0.39 is 0 Å². The smallest absolute Gasteiger partial charge is 0.342 e. The van der Waals surface area contributed by atoms with Crippen molar-refractivity contribution in [2.24, 2.45) is 7.05 Å². The summed E-state index contributed by atoms with van der Waals surface area (Å²) in [6, 6.07) is 9.77. The minimum Gasteiger partial charge on any atom is -0.462 e. The minimum atomic E-state index is -0.342. The molecule has 0 bridgehead atoms. The van der Waals surface area contributed by atoms with Gasteiger partial charge in [-0.1, -0.05) is 30.3 Å². The van der Waals surface area contributed by atoms with Crippen LogP contribution in [0.25, 0.3) is 11.3 Å². The second-order valence-electron chi connectivity index (χ2n) is 4.96. The molecule has 5 radical (unpaired) electrons. The summed E-state index contributed by atoms with van der Waals surface area (Å²) in [7, 11) is 1.84. The van der Waals surface area contributed by atoms with Crippen LogP contribution >= 0.6 is 0 Å². The van der Waals surface area contributed by atoms with Crippen molar-refractivity contribution in [2.75, 3.05) is 6.61 Å². The lowest BCUT2D eigenvalue weighted by Crippen LogP contribution is -2.10. The molecule has 1 aliphatic rings. The van der Waals surface area contributed by atoms with Crippen LogP contribution in [0.4, 0.5) is 0 Å². The van der Waals surface area contributed by atoms with Crippen molar-refractivity contribution in [3.05, 3.63) is 73.2 Å². The van der Waals surface area contributed by atoms with Crippen molar-refractivity contribution < 1.29 is 9.53 Å². The monoisotopic (exact) mass is 293 g/mol. The number of carbonyl (C=O) groups is 1. The van der Waals surface area contributed by atoms with E-state index in [0.717, 1.165) is 17.2 Å². The van der Waals surface area contributed by atoms with Crippen LogP contribution in [0.2, 0.25) is 0 Å². The Morgan fingerprint density at radius 3 is 2.50 bits per heavy atom. The van der Waals surface area contributed by atoms with Gasteiger partial charge in [0.05, 0.1) is 18.0 Å². The van der Waals surface area contributed by atoms with E-state index in [1.165, 1.54) is 0 Å². The normalized spacial score (nSPS) is 15.2. The Bertz CT molecular complexity index is 655. The first-order chi connectivity index (χ1) is 10.7. The van der Waals surface area contributed by atoms with Crippen LogP contribution in [0.3, 0.4) is 0 Å². The maximum absolute atomic E-state index is 12.5. The Balaban J connectivity index is 2.13. The quantitative estimate of drug-likeness (QED) is 0.814. The summed E-state index contributed by atoms with van der Waals surface area (Å²) in [6.07, 6.45) is 7.75. The van der Waals surface area contributed by atoms with E-state index in [1.54, 1.807) is 11.6 Å². The number of benzene rings is 1. The van der Waals surface area contributed by atoms with Gasteiger partial charge in [-0.3, -0.25) is 4.68 Å². The zero-order valence-corrected chi connectivity index (χ0v) is 12.6. The molecule has 0 unspecified atom stereocenters. The van der Waals surface area contributed by atoms with Crippen molar-refractivity contribution in [3.8, 4) is 11.3 Å². The second kappa shape index (κ2) is 6.34. The van der Waals surface area contributed by atoms with Crippen molar-refractivity contribution in [1.29, 1.82) is 0 Å². The van der Waals surface area contributed by atoms with Crippen LogP contribution < -0.4 is 0 Å². The maximum atomic E-state index is 12.5. The van der Waals surface area contributed by atoms with E-state index >= 15 is 0 Å². The molecule has 0 saturated heterocycles. The molecule has 0 N–H and O–H groups in total. The van der Waals surface area contributed by atoms with Gasteiger partial charge < -0.3 is 4.74 Å². The van der Waals surface area contributed by atoms with Gasteiger partial charge in [0.15, 0.2) is 0 Å². The number of hydrogen-bond donors (Lipinski definition) is 0. The third-order valence-corrected chi connectivity index (χ3v) is 3.51. The Hall–Kier alpha value is -2.10. The summed E-state index contributed by atoms with van der Waals surface area (Å²) >= 11 is 0. The maximum Gasteiger partial charge on any atom is 0.342 e. The highest BCUT2D eigenvalue weighted by atomic mass is 16.5. The second-order valence-corrected chi connectivity index (χ2v) is 4.96. The van der Waals surface area contributed by atoms with Crippen molar-refractivity contribution in [2.45, 2.75) is 6.92 Å². The first kappa shape index (κ1) is 14.8. The number of aryl methyl sites for hydroxylation is 1. The summed E-state index contributed by atoms with van der Waals surface area (Å²) in [5.74, 6) is 0.575. The van der Waals surface area contributed by atoms with Gasteiger partial charge >= 0.3 is 5.97 Å². The Kier molecular flexibility index (Phi) is 4.27. The first-order valence-electron chi connectivity index (χ1n) is 7.24. The summed E-state index contributed by atoms with van der Waals surface area (Å²) < 4.78 is 6.99. The van der Waals surface area contributed by atoms with Gasteiger partial charge in [-0.15, -0.1) is 0 Å². The molecular formula is C18H17N2O2. The average Bonchev–Trinajstić information content (AvgIpc) is 3.15. The van der Waals surface area contributed by atoms with Gasteiger partial charge in [0.25, 0.3) is 0 Å². The van der Waals surface area contributed by atoms with Gasteiger partial charge in [0, 0.05) is 18.5 Å². The van der Waals surface area contributed by atoms with E-state index in [4.69, 9.17) is 4.74 Å². The number of aromatic nitrogens is 2. The molecule has 1 aliphatic carbocycles. The fourth-order valence-electron chi connectivity index (χ4n) is 2.58. The van der Waals surface area contributed by atoms with Crippen molar-refractivity contribution in [3.63, 3.8) is 0 Å². The van der Waals surface area contributed by atoms with Crippen molar-refractivity contribution >= 4 is 5.97 Å². The fraction of sp³-hybridized carbons (Fsp3) is 0.167. The first-order valence-corrected chi connectivity index (χ1v) is 7.24. The minimum absolute atomic E-state index is 0.336. The Labute approximate surface area is 131 Å². The molecule has 1 fully saturated rings. The standard InChI is InChI=1S/C18H17N2O2/c1-3-22-18(21)15-16(13-9-7-8-10-13)19-20(2)17(15)14-11-5-4-6-12-14/h4-12H,3H2,1-2H3. The van der Waals surface area contributed by atoms with Gasteiger partial charge in [0.1, 0.15) is 5.56 Å². The molecule has 22 heavy (non-hydrogen) atoms. The summed E-state index contributed by atoms with van der Waals surface area (Å²) in [5.41, 5.74) is 2.89. The zero-order valence-electron chi connectivity index (χ0n) is 12.6. The zero-order chi connectivity index (χ0) is 15.5. The molecular weight excluding hydrogens is 276 g/mol. The largest absolute Gasteiger partial charge is 0.462 e. The molecule has 1 saturated carbocycles. The summed E-state index contributed by atoms with van der Waals surface area (Å²) in [5, 5.41) is 4.55. The molecule has 0 spiro atoms. The number of rotatable bonds is 4. The number of esters is 1. The SMILES string of the molecule is CCOC(=O)c1c([C]2[CH][CH][CH][CH]2)nn(C)c1-c1ccccc1. The van der Waals surface area contributed by atoms with E-state index in [0.29, 0.717) is 17.9 Å². The van der Waals surface area contributed by atoms with Gasteiger partial charge in [-0.25, -0.2) is 4.79 Å². The predicted octanol–water partition coefficient (Wildman–Crippen LogP) is 3.02. The van der Waals surface area contributed by atoms with Gasteiger partial charge in [-0.2, -0.15) is 5.10 Å². The highest BCUT2D eigenvalue weighted by Gasteiger charge is 2.31. The molecule has 1 aromatic heterocycles. The molecule has 2 aromatic rings. The number of carbonyl (C=O) groups excluding carboxylic acids is 1. The fourth-order valence-corrected chi connectivity index (χ4v) is 2.58. The molecule has 0 aliphatic heterocycles. The van der Waals surface area contributed by atoms with Gasteiger partial charge in [-0.05, 0) is 32.6 Å². The molecule has 1 aromatic carbocycles. The molecule has 4 heteroatoms. The lowest BCUT2D eigenvalue weighted by atomic mass is 9.96. The van der Waals surface area contributed by atoms with Crippen LogP contribution in [-0.4, -0.2) is 22.4 Å². The van der Waals surface area contributed by atoms with Crippen LogP contribution in [0.5, 0.6) is 0 Å². The number of nitrogens with zero attached hydrogens (tertiary/aromatic N) is 2. The van der Waals surface area contributed by atoms with E-state index in [2.05, 4.69) is 5.10 Å². The van der Waals surface area contributed by atoms with E-state index in [1.807, 2.05) is 63.1 Å². The lowest BCUT2D eigenvalue weighted by Gasteiger charge is -2.09. The average molecular weight is 293 g/mol. The summed E-state index contributed by atoms with van der Waals surface area (Å²) in [4.78, 5) is 12.5. The highest BCUT2D eigenvalue weighted by molar-refractivity contribution is 5.98. The Morgan fingerprint density at radius 2 is 1.86 bits per heavy atom. The predicted molar refractivity (Wildman–Crippen MR) is 84.1 cm³/mol. The molecule has 1 heterocycles. The van der Waals surface area contributed by atoms with Gasteiger partial charge in [0.2, 0.25) is 0 Å². The molecule has 0 atom stereocenters. The number of hydrogen-bond acceptors (Lipinski definition) is 3. The number of ether oxygens (including phenoxy) is 1. The van der Waals surface area contributed by atoms with Crippen molar-refractivity contribution in [1.82, 2.24) is 9.78 Å². The topological polar surface area (TPSA) is 44.1 Å². The third-order valence-electron chi connectivity index (χ3n) is 3.51. The molecule has 111 valence electrons. The molecule has 4 nitrogen and oxygen atoms in total. The van der Waals surface area contributed by atoms with E-state index in [9.17, 15) is 4.79 Å². The van der Waals surface area contributed by atoms with Crippen LogP contribution in [0, 0.1) is 31.6 Å². The van der Waals surface area contributed by atoms with Crippen LogP contribution in [0.1, 0.15) is 23.0 Å². The van der Waals surface area contributed by atoms with Crippen LogP contribution in [0.15, 0.2) is 30.3 Å². The van der Waals surface area contributed by atoms with Crippen LogP contribution in [-0.2, 0) is 11.8 Å². The molecule has 0 amide bonds. The lowest BCUT2D eigenvalue weighted by molar-refractivity contribution is 0.0526. The Morgan fingerprint density at radius 1 is 1.18 bits per heavy atom. The highest BCUT2D eigenvalue weighted by Crippen LogP contribution is 2.36. The molecule has 3 rings (SSSR count).